The number of rotatable bonds is 2. The molecule has 0 amide bonds. The van der Waals surface area contributed by atoms with Gasteiger partial charge in [0.05, 0.1) is 17.0 Å². The highest BCUT2D eigenvalue weighted by Gasteiger charge is 2.38. The summed E-state index contributed by atoms with van der Waals surface area (Å²) in [5, 5.41) is 5.21. The molecule has 0 unspecified atom stereocenters. The first-order valence-electron chi connectivity index (χ1n) is 4.69. The van der Waals surface area contributed by atoms with Crippen molar-refractivity contribution in [2.24, 2.45) is 0 Å². The minimum atomic E-state index is -2.89. The fraction of sp³-hybridized carbons (Fsp3) is 0.875. The van der Waals surface area contributed by atoms with Crippen LogP contribution >= 0.6 is 12.2 Å². The standard InChI is InChI=1S/C8H17N3O2S2/c1-8(4-5-15(12,13)6-8)9-7(14)10-11(2)3/h4-6H2,1-3H3,(H2,9,10,14)/t8-/m0/s1. The second kappa shape index (κ2) is 4.23. The van der Waals surface area contributed by atoms with Gasteiger partial charge in [0.1, 0.15) is 0 Å². The minimum absolute atomic E-state index is 0.148. The number of nitrogens with one attached hydrogen (secondary N) is 2. The molecule has 1 rings (SSSR count). The van der Waals surface area contributed by atoms with Crippen LogP contribution in [0.1, 0.15) is 13.3 Å². The van der Waals surface area contributed by atoms with Crippen LogP contribution in [0.25, 0.3) is 0 Å². The summed E-state index contributed by atoms with van der Waals surface area (Å²) in [6, 6.07) is 0. The molecule has 1 fully saturated rings. The van der Waals surface area contributed by atoms with E-state index in [-0.39, 0.29) is 11.5 Å². The molecule has 0 bridgehead atoms. The van der Waals surface area contributed by atoms with Crippen molar-refractivity contribution in [2.75, 3.05) is 25.6 Å². The number of hydrogen-bond donors (Lipinski definition) is 2. The van der Waals surface area contributed by atoms with Gasteiger partial charge in [-0.15, -0.1) is 0 Å². The summed E-state index contributed by atoms with van der Waals surface area (Å²) in [5.41, 5.74) is 2.45. The van der Waals surface area contributed by atoms with Crippen molar-refractivity contribution < 1.29 is 8.42 Å². The van der Waals surface area contributed by atoms with Gasteiger partial charge < -0.3 is 5.32 Å². The molecule has 0 radical (unpaired) electrons. The van der Waals surface area contributed by atoms with Crippen LogP contribution in [0, 0.1) is 0 Å². The van der Waals surface area contributed by atoms with Crippen LogP contribution in [0.2, 0.25) is 0 Å². The van der Waals surface area contributed by atoms with Gasteiger partial charge in [0.2, 0.25) is 0 Å². The summed E-state index contributed by atoms with van der Waals surface area (Å²) >= 11 is 5.05. The van der Waals surface area contributed by atoms with Gasteiger partial charge in [-0.1, -0.05) is 0 Å². The van der Waals surface area contributed by atoms with E-state index >= 15 is 0 Å². The van der Waals surface area contributed by atoms with Crippen molar-refractivity contribution in [3.05, 3.63) is 0 Å². The van der Waals surface area contributed by atoms with Crippen LogP contribution in [-0.2, 0) is 9.84 Å². The first-order chi connectivity index (χ1) is 6.72. The van der Waals surface area contributed by atoms with E-state index in [0.29, 0.717) is 11.5 Å². The highest BCUT2D eigenvalue weighted by atomic mass is 32.2. The molecule has 88 valence electrons. The maximum absolute atomic E-state index is 11.3. The molecule has 1 aliphatic rings. The van der Waals surface area contributed by atoms with Crippen molar-refractivity contribution in [1.82, 2.24) is 15.8 Å². The largest absolute Gasteiger partial charge is 0.355 e. The van der Waals surface area contributed by atoms with Gasteiger partial charge in [-0.3, -0.25) is 5.43 Å². The van der Waals surface area contributed by atoms with Crippen LogP contribution in [0.5, 0.6) is 0 Å². The zero-order chi connectivity index (χ0) is 11.7. The lowest BCUT2D eigenvalue weighted by atomic mass is 10.0. The van der Waals surface area contributed by atoms with Gasteiger partial charge in [0.25, 0.3) is 0 Å². The van der Waals surface area contributed by atoms with Crippen LogP contribution in [-0.4, -0.2) is 49.7 Å². The minimum Gasteiger partial charge on any atom is -0.355 e. The molecule has 1 atom stereocenters. The first-order valence-corrected chi connectivity index (χ1v) is 6.92. The first kappa shape index (κ1) is 12.7. The van der Waals surface area contributed by atoms with Gasteiger partial charge >= 0.3 is 0 Å². The Balaban J connectivity index is 2.55. The van der Waals surface area contributed by atoms with Gasteiger partial charge in [-0.05, 0) is 25.6 Å². The summed E-state index contributed by atoms with van der Waals surface area (Å²) in [6.45, 7) is 1.88. The van der Waals surface area contributed by atoms with Gasteiger partial charge in [-0.25, -0.2) is 13.4 Å². The fourth-order valence-corrected chi connectivity index (χ4v) is 4.14. The summed E-state index contributed by atoms with van der Waals surface area (Å²) < 4.78 is 22.7. The molecule has 7 heteroatoms. The molecule has 1 heterocycles. The molecule has 15 heavy (non-hydrogen) atoms. The van der Waals surface area contributed by atoms with Crippen molar-refractivity contribution >= 4 is 27.2 Å². The summed E-state index contributed by atoms with van der Waals surface area (Å²) in [7, 11) is 0.751. The molecule has 1 saturated heterocycles. The predicted molar refractivity (Wildman–Crippen MR) is 64.2 cm³/mol. The molecule has 0 saturated carbocycles. The third-order valence-corrected chi connectivity index (χ3v) is 4.34. The topological polar surface area (TPSA) is 61.4 Å². The Labute approximate surface area is 96.1 Å². The molecule has 5 nitrogen and oxygen atoms in total. The van der Waals surface area contributed by atoms with Crippen LogP contribution in [0.3, 0.4) is 0 Å². The predicted octanol–water partition coefficient (Wildman–Crippen LogP) is -0.496. The van der Waals surface area contributed by atoms with Crippen molar-refractivity contribution in [2.45, 2.75) is 18.9 Å². The normalized spacial score (nSPS) is 29.1. The maximum Gasteiger partial charge on any atom is 0.181 e. The zero-order valence-corrected chi connectivity index (χ0v) is 10.8. The molecule has 1 aliphatic heterocycles. The average Bonchev–Trinajstić information content (AvgIpc) is 2.22. The van der Waals surface area contributed by atoms with Crippen LogP contribution in [0.4, 0.5) is 0 Å². The van der Waals surface area contributed by atoms with Crippen molar-refractivity contribution in [3.8, 4) is 0 Å². The molecule has 0 aromatic carbocycles. The lowest BCUT2D eigenvalue weighted by Gasteiger charge is -2.27. The molecule has 0 spiro atoms. The lowest BCUT2D eigenvalue weighted by Crippen LogP contribution is -2.53. The zero-order valence-electron chi connectivity index (χ0n) is 9.20. The number of sulfone groups is 1. The van der Waals surface area contributed by atoms with E-state index in [0.717, 1.165) is 0 Å². The number of thiocarbonyl (C=S) groups is 1. The average molecular weight is 251 g/mol. The third-order valence-electron chi connectivity index (χ3n) is 2.24. The fourth-order valence-electron chi connectivity index (χ4n) is 1.61. The van der Waals surface area contributed by atoms with E-state index in [4.69, 9.17) is 12.2 Å². The maximum atomic E-state index is 11.3. The smallest absolute Gasteiger partial charge is 0.181 e. The van der Waals surface area contributed by atoms with E-state index in [9.17, 15) is 8.42 Å². The highest BCUT2D eigenvalue weighted by Crippen LogP contribution is 2.22. The van der Waals surface area contributed by atoms with E-state index < -0.39 is 15.4 Å². The van der Waals surface area contributed by atoms with E-state index in [1.54, 1.807) is 5.01 Å². The van der Waals surface area contributed by atoms with Crippen molar-refractivity contribution in [3.63, 3.8) is 0 Å². The van der Waals surface area contributed by atoms with Crippen LogP contribution < -0.4 is 10.7 Å². The molecule has 2 N–H and O–H groups in total. The Morgan fingerprint density at radius 2 is 2.07 bits per heavy atom. The van der Waals surface area contributed by atoms with Crippen LogP contribution in [0.15, 0.2) is 0 Å². The highest BCUT2D eigenvalue weighted by molar-refractivity contribution is 7.91. The van der Waals surface area contributed by atoms with E-state index in [2.05, 4.69) is 10.7 Å². The number of nitrogens with zero attached hydrogens (tertiary/aromatic N) is 1. The Morgan fingerprint density at radius 1 is 1.47 bits per heavy atom. The van der Waals surface area contributed by atoms with Gasteiger partial charge in [0.15, 0.2) is 14.9 Å². The molecular weight excluding hydrogens is 234 g/mol. The Bertz CT molecular complexity index is 353. The summed E-state index contributed by atoms with van der Waals surface area (Å²) in [6.07, 6.45) is 0.602. The third kappa shape index (κ3) is 3.92. The van der Waals surface area contributed by atoms with E-state index in [1.165, 1.54) is 0 Å². The molecule has 0 aromatic heterocycles. The second-order valence-corrected chi connectivity index (χ2v) is 6.96. The monoisotopic (exact) mass is 251 g/mol. The summed E-state index contributed by atoms with van der Waals surface area (Å²) in [4.78, 5) is 0. The Kier molecular flexibility index (Phi) is 3.57. The van der Waals surface area contributed by atoms with Gasteiger partial charge in [-0.2, -0.15) is 0 Å². The van der Waals surface area contributed by atoms with Gasteiger partial charge in [0, 0.05) is 14.1 Å². The number of hydrogen-bond acceptors (Lipinski definition) is 4. The Hall–Kier alpha value is -0.400. The second-order valence-electron chi connectivity index (χ2n) is 4.36. The van der Waals surface area contributed by atoms with E-state index in [1.807, 2.05) is 21.0 Å². The van der Waals surface area contributed by atoms with Crippen molar-refractivity contribution in [1.29, 1.82) is 0 Å². The number of hydrazine groups is 1. The summed E-state index contributed by atoms with van der Waals surface area (Å²) in [5.74, 6) is 0.385. The quantitative estimate of drug-likeness (QED) is 0.510. The Morgan fingerprint density at radius 3 is 2.47 bits per heavy atom. The molecular formula is C8H17N3O2S2. The SMILES string of the molecule is CN(C)NC(=S)N[C@@]1(C)CCS(=O)(=O)C1. The molecule has 0 aliphatic carbocycles. The lowest BCUT2D eigenvalue weighted by molar-refractivity contribution is 0.349. The molecule has 0 aromatic rings.